The summed E-state index contributed by atoms with van der Waals surface area (Å²) < 4.78 is 135. The number of carbonyl (C=O) groups excluding carboxylic acids is 2. The van der Waals surface area contributed by atoms with Gasteiger partial charge in [-0.1, -0.05) is 33.3 Å². The number of hydrogen-bond acceptors (Lipinski definition) is 6. The van der Waals surface area contributed by atoms with Crippen molar-refractivity contribution >= 4 is 22.0 Å². The van der Waals surface area contributed by atoms with E-state index in [4.69, 9.17) is 4.55 Å². The molecule has 0 spiro atoms. The Morgan fingerprint density at radius 3 is 1.78 bits per heavy atom. The molecule has 0 aliphatic carbocycles. The number of esters is 1. The quantitative estimate of drug-likeness (QED) is 0.0726. The van der Waals surface area contributed by atoms with Crippen LogP contribution in [0.15, 0.2) is 12.2 Å². The van der Waals surface area contributed by atoms with Gasteiger partial charge in [0.2, 0.25) is 0 Å². The summed E-state index contributed by atoms with van der Waals surface area (Å²) in [6.45, 7) is 5.60. The van der Waals surface area contributed by atoms with Crippen LogP contribution in [0.2, 0.25) is 0 Å². The molecule has 0 rings (SSSR count). The van der Waals surface area contributed by atoms with Gasteiger partial charge in [-0.3, -0.25) is 9.35 Å². The molecule has 0 fully saturated rings. The topological polar surface area (TPSA) is 110 Å². The van der Waals surface area contributed by atoms with E-state index in [1.807, 2.05) is 0 Å². The summed E-state index contributed by atoms with van der Waals surface area (Å²) in [7, 11) is -6.56. The average Bonchev–Trinajstić information content (AvgIpc) is 2.73. The van der Waals surface area contributed by atoms with Gasteiger partial charge < -0.3 is 14.4 Å². The maximum Gasteiger partial charge on any atom is 0.466 e. The fraction of sp³-hybridized carbons (Fsp3) is 0.800. The molecule has 0 radical (unpaired) electrons. The van der Waals surface area contributed by atoms with E-state index in [9.17, 15) is 48.7 Å². The van der Waals surface area contributed by atoms with Gasteiger partial charge in [0.1, 0.15) is 0 Å². The monoisotopic (exact) mass is 561 g/mol. The molecule has 0 saturated carbocycles. The van der Waals surface area contributed by atoms with Gasteiger partial charge in [-0.25, -0.2) is 4.79 Å². The Bertz CT molecular complexity index is 870. The van der Waals surface area contributed by atoms with E-state index in [1.165, 1.54) is 0 Å². The molecule has 1 amide bonds. The summed E-state index contributed by atoms with van der Waals surface area (Å²) in [5.41, 5.74) is -0.562. The summed E-state index contributed by atoms with van der Waals surface area (Å²) in [6, 6.07) is 0. The lowest BCUT2D eigenvalue weighted by atomic mass is 10.1. The van der Waals surface area contributed by atoms with Crippen LogP contribution in [0, 0.1) is 0 Å². The maximum atomic E-state index is 14.2. The fourth-order valence-corrected chi connectivity index (χ4v) is 3.16. The van der Waals surface area contributed by atoms with Crippen molar-refractivity contribution in [2.45, 2.75) is 82.4 Å². The second-order valence-electron chi connectivity index (χ2n) is 7.93. The van der Waals surface area contributed by atoms with Crippen LogP contribution in [0.1, 0.15) is 59.3 Å². The van der Waals surface area contributed by atoms with Gasteiger partial charge in [0.25, 0.3) is 0 Å². The Morgan fingerprint density at radius 2 is 1.42 bits per heavy atom. The molecule has 0 aromatic rings. The second kappa shape index (κ2) is 13.0. The van der Waals surface area contributed by atoms with Crippen LogP contribution in [-0.4, -0.2) is 72.6 Å². The number of amides is 1. The van der Waals surface area contributed by atoms with E-state index in [-0.39, 0.29) is 25.9 Å². The fourth-order valence-electron chi connectivity index (χ4n) is 2.68. The molecule has 0 heterocycles. The van der Waals surface area contributed by atoms with E-state index in [2.05, 4.69) is 16.1 Å². The van der Waals surface area contributed by atoms with Crippen LogP contribution in [0.3, 0.4) is 0 Å². The van der Waals surface area contributed by atoms with Crippen molar-refractivity contribution in [1.29, 1.82) is 0 Å². The molecule has 1 unspecified atom stereocenters. The number of hydrogen-bond donors (Lipinski definition) is 1. The lowest BCUT2D eigenvalue weighted by Crippen LogP contribution is -2.62. The molecule has 36 heavy (non-hydrogen) atoms. The Morgan fingerprint density at radius 1 is 0.944 bits per heavy atom. The van der Waals surface area contributed by atoms with Crippen LogP contribution < -0.4 is 0 Å². The van der Waals surface area contributed by atoms with E-state index < -0.39 is 70.2 Å². The molecule has 1 atom stereocenters. The molecule has 0 aliphatic rings. The number of carbonyl (C=O) groups is 2. The first-order valence-corrected chi connectivity index (χ1v) is 12.3. The number of halogens is 7. The first kappa shape index (κ1) is 34.1. The van der Waals surface area contributed by atoms with Gasteiger partial charge in [-0.15, -0.1) is 0 Å². The van der Waals surface area contributed by atoms with Crippen LogP contribution in [-0.2, 0) is 29.2 Å². The normalized spacial score (nSPS) is 14.8. The Balaban J connectivity index is 6.17. The molecule has 0 aromatic carbocycles. The third-order valence-electron chi connectivity index (χ3n) is 4.78. The molecule has 1 N–H and O–H groups in total. The van der Waals surface area contributed by atoms with E-state index in [1.54, 1.807) is 13.8 Å². The van der Waals surface area contributed by atoms with Gasteiger partial charge in [-0.05, 0) is 26.2 Å². The van der Waals surface area contributed by atoms with Crippen molar-refractivity contribution in [3.63, 3.8) is 0 Å². The van der Waals surface area contributed by atoms with Crippen LogP contribution in [0.25, 0.3) is 0 Å². The van der Waals surface area contributed by atoms with Gasteiger partial charge in [0, 0.05) is 25.1 Å². The predicted molar refractivity (Wildman–Crippen MR) is 113 cm³/mol. The summed E-state index contributed by atoms with van der Waals surface area (Å²) >= 11 is 0. The van der Waals surface area contributed by atoms with Crippen LogP contribution in [0.4, 0.5) is 30.7 Å². The van der Waals surface area contributed by atoms with E-state index >= 15 is 0 Å². The third-order valence-corrected chi connectivity index (χ3v) is 5.73. The maximum absolute atomic E-state index is 14.2. The molecular weight excluding hydrogens is 531 g/mol. The predicted octanol–water partition coefficient (Wildman–Crippen LogP) is 4.71. The average molecular weight is 562 g/mol. The molecule has 0 saturated heterocycles. The molecular formula is C20H30F7NO7S. The molecule has 16 heteroatoms. The largest absolute Gasteiger partial charge is 0.466 e. The highest BCUT2D eigenvalue weighted by molar-refractivity contribution is 7.87. The van der Waals surface area contributed by atoms with E-state index in [0.29, 0.717) is 12.8 Å². The van der Waals surface area contributed by atoms with E-state index in [0.717, 1.165) is 11.8 Å². The SMILES string of the molecule is C=C(C)C(=O)OC(OCCCC(F)(F)C(F)(F)S(=O)(=O)O)(C(=O)N(CCCC)CCCC)C(F)(F)F. The first-order valence-electron chi connectivity index (χ1n) is 10.8. The van der Waals surface area contributed by atoms with Gasteiger partial charge in [0.15, 0.2) is 0 Å². The van der Waals surface area contributed by atoms with Crippen molar-refractivity contribution < 1.29 is 62.8 Å². The Kier molecular flexibility index (Phi) is 12.3. The minimum absolute atomic E-state index is 0.195. The van der Waals surface area contributed by atoms with Crippen LogP contribution in [0.5, 0.6) is 0 Å². The number of ether oxygens (including phenoxy) is 2. The number of nitrogens with zero attached hydrogens (tertiary/aromatic N) is 1. The number of alkyl halides is 7. The minimum atomic E-state index is -6.56. The number of unbranched alkanes of at least 4 members (excludes halogenated alkanes) is 2. The standard InChI is InChI=1S/C20H30F7NO7S/c1-5-7-11-28(12-8-6-2)16(30)18(19(23,24)25,35-15(29)14(3)4)34-13-9-10-17(21,22)20(26,27)36(31,32)33/h3,5-13H2,1-2,4H3,(H,31,32,33). The summed E-state index contributed by atoms with van der Waals surface area (Å²) in [5, 5.41) is -5.94. The highest BCUT2D eigenvalue weighted by atomic mass is 32.2. The summed E-state index contributed by atoms with van der Waals surface area (Å²) in [4.78, 5) is 25.8. The van der Waals surface area contributed by atoms with Gasteiger partial charge >= 0.3 is 45.1 Å². The molecule has 212 valence electrons. The van der Waals surface area contributed by atoms with Gasteiger partial charge in [-0.2, -0.15) is 39.2 Å². The molecule has 0 bridgehead atoms. The summed E-state index contributed by atoms with van der Waals surface area (Å²) in [5.74, 6) is -13.3. The Labute approximate surface area is 204 Å². The first-order chi connectivity index (χ1) is 16.2. The van der Waals surface area contributed by atoms with Crippen molar-refractivity contribution in [3.8, 4) is 0 Å². The zero-order valence-corrected chi connectivity index (χ0v) is 20.8. The molecule has 8 nitrogen and oxygen atoms in total. The highest BCUT2D eigenvalue weighted by Crippen LogP contribution is 2.42. The third kappa shape index (κ3) is 8.30. The van der Waals surface area contributed by atoms with Crippen molar-refractivity contribution in [1.82, 2.24) is 4.90 Å². The smallest absolute Gasteiger partial charge is 0.412 e. The van der Waals surface area contributed by atoms with Crippen molar-refractivity contribution in [3.05, 3.63) is 12.2 Å². The second-order valence-corrected chi connectivity index (χ2v) is 9.39. The lowest BCUT2D eigenvalue weighted by Gasteiger charge is -2.37. The zero-order valence-electron chi connectivity index (χ0n) is 20.0. The number of rotatable bonds is 16. The summed E-state index contributed by atoms with van der Waals surface area (Å²) in [6.07, 6.45) is -7.70. The molecule has 0 aliphatic heterocycles. The Hall–Kier alpha value is -1.94. The zero-order chi connectivity index (χ0) is 28.6. The minimum Gasteiger partial charge on any atom is -0.412 e. The van der Waals surface area contributed by atoms with Crippen molar-refractivity contribution in [2.24, 2.45) is 0 Å². The molecule has 0 aromatic heterocycles. The lowest BCUT2D eigenvalue weighted by molar-refractivity contribution is -0.351. The van der Waals surface area contributed by atoms with Crippen molar-refractivity contribution in [2.75, 3.05) is 19.7 Å². The van der Waals surface area contributed by atoms with Gasteiger partial charge in [0.05, 0.1) is 6.61 Å². The van der Waals surface area contributed by atoms with Crippen LogP contribution >= 0.6 is 0 Å². The highest BCUT2D eigenvalue weighted by Gasteiger charge is 2.68.